The molecule has 3 rings (SSSR count). The second-order valence-electron chi connectivity index (χ2n) is 5.21. The van der Waals surface area contributed by atoms with Crippen molar-refractivity contribution in [3.8, 4) is 0 Å². The topological polar surface area (TPSA) is 71.1 Å². The lowest BCUT2D eigenvalue weighted by Crippen LogP contribution is -2.41. The minimum absolute atomic E-state index is 0.400. The second-order valence-corrected chi connectivity index (χ2v) is 6.74. The van der Waals surface area contributed by atoms with Crippen LogP contribution in [0.25, 0.3) is 0 Å². The van der Waals surface area contributed by atoms with Gasteiger partial charge in [0.15, 0.2) is 0 Å². The van der Waals surface area contributed by atoms with Crippen LogP contribution in [-0.2, 0) is 0 Å². The molecule has 1 aromatic heterocycles. The first-order valence-corrected chi connectivity index (χ1v) is 8.86. The third kappa shape index (κ3) is 4.84. The number of benzene rings is 2. The summed E-state index contributed by atoms with van der Waals surface area (Å²) in [6, 6.07) is 19.1. The summed E-state index contributed by atoms with van der Waals surface area (Å²) < 4.78 is 0. The van der Waals surface area contributed by atoms with E-state index in [2.05, 4.69) is 15.8 Å². The summed E-state index contributed by atoms with van der Waals surface area (Å²) in [6.45, 7) is 0. The van der Waals surface area contributed by atoms with Gasteiger partial charge in [0.1, 0.15) is 5.03 Å². The van der Waals surface area contributed by atoms with E-state index in [1.54, 1.807) is 42.6 Å². The van der Waals surface area contributed by atoms with Gasteiger partial charge in [-0.15, -0.1) is 0 Å². The molecule has 0 unspecified atom stereocenters. The van der Waals surface area contributed by atoms with Gasteiger partial charge in [0.05, 0.1) is 0 Å². The Morgan fingerprint density at radius 1 is 0.808 bits per heavy atom. The van der Waals surface area contributed by atoms with Crippen LogP contribution in [0.2, 0.25) is 5.02 Å². The Labute approximate surface area is 159 Å². The zero-order chi connectivity index (χ0) is 18.4. The van der Waals surface area contributed by atoms with E-state index in [4.69, 9.17) is 11.6 Å². The highest BCUT2D eigenvalue weighted by molar-refractivity contribution is 7.99. The van der Waals surface area contributed by atoms with Crippen molar-refractivity contribution in [3.05, 3.63) is 89.1 Å². The lowest BCUT2D eigenvalue weighted by Gasteiger charge is -2.08. The van der Waals surface area contributed by atoms with Crippen molar-refractivity contribution >= 4 is 35.2 Å². The Morgan fingerprint density at radius 3 is 1.92 bits per heavy atom. The van der Waals surface area contributed by atoms with Crippen LogP contribution in [0, 0.1) is 0 Å². The number of nitrogens with one attached hydrogen (secondary N) is 2. The fraction of sp³-hybridized carbons (Fsp3) is 0. The molecule has 1 heterocycles. The monoisotopic (exact) mass is 383 g/mol. The van der Waals surface area contributed by atoms with Crippen molar-refractivity contribution in [1.29, 1.82) is 0 Å². The van der Waals surface area contributed by atoms with Gasteiger partial charge in [-0.1, -0.05) is 29.4 Å². The molecule has 7 heteroatoms. The molecular formula is C19H14ClN3O2S. The van der Waals surface area contributed by atoms with Gasteiger partial charge in [-0.25, -0.2) is 4.98 Å². The minimum Gasteiger partial charge on any atom is -0.267 e. The first-order valence-electron chi connectivity index (χ1n) is 7.67. The van der Waals surface area contributed by atoms with Crippen LogP contribution >= 0.6 is 23.4 Å². The summed E-state index contributed by atoms with van der Waals surface area (Å²) in [5, 5.41) is 1.41. The molecule has 0 aliphatic rings. The van der Waals surface area contributed by atoms with Crippen molar-refractivity contribution in [3.63, 3.8) is 0 Å². The predicted molar refractivity (Wildman–Crippen MR) is 101 cm³/mol. The van der Waals surface area contributed by atoms with Gasteiger partial charge in [0, 0.05) is 27.2 Å². The van der Waals surface area contributed by atoms with E-state index in [0.29, 0.717) is 16.1 Å². The standard InChI is InChI=1S/C19H14ClN3O2S/c20-15-8-4-13(5-9-15)18(24)22-23-19(25)14-6-10-16(11-7-14)26-17-3-1-2-12-21-17/h1-12H,(H,22,24)(H,23,25). The van der Waals surface area contributed by atoms with Crippen molar-refractivity contribution in [2.24, 2.45) is 0 Å². The number of hydrogen-bond acceptors (Lipinski definition) is 4. The van der Waals surface area contributed by atoms with Crippen molar-refractivity contribution in [1.82, 2.24) is 15.8 Å². The normalized spacial score (nSPS) is 10.2. The Kier molecular flexibility index (Phi) is 5.88. The average Bonchev–Trinajstić information content (AvgIpc) is 2.68. The maximum absolute atomic E-state index is 12.1. The van der Waals surface area contributed by atoms with Crippen LogP contribution in [0.5, 0.6) is 0 Å². The molecule has 0 fully saturated rings. The first-order chi connectivity index (χ1) is 12.6. The predicted octanol–water partition coefficient (Wildman–Crippen LogP) is 3.96. The molecule has 0 spiro atoms. The number of pyridine rings is 1. The van der Waals surface area contributed by atoms with Crippen molar-refractivity contribution in [2.75, 3.05) is 0 Å². The van der Waals surface area contributed by atoms with Gasteiger partial charge >= 0.3 is 0 Å². The average molecular weight is 384 g/mol. The van der Waals surface area contributed by atoms with E-state index < -0.39 is 11.8 Å². The van der Waals surface area contributed by atoms with E-state index >= 15 is 0 Å². The summed E-state index contributed by atoms with van der Waals surface area (Å²) in [4.78, 5) is 29.3. The molecule has 0 atom stereocenters. The van der Waals surface area contributed by atoms with Gasteiger partial charge in [0.25, 0.3) is 11.8 Å². The molecule has 0 bridgehead atoms. The lowest BCUT2D eigenvalue weighted by atomic mass is 10.2. The molecule has 0 saturated carbocycles. The molecule has 0 aliphatic carbocycles. The van der Waals surface area contributed by atoms with Gasteiger partial charge in [0.2, 0.25) is 0 Å². The molecule has 2 N–H and O–H groups in total. The SMILES string of the molecule is O=C(NNC(=O)c1ccc(Sc2ccccn2)cc1)c1ccc(Cl)cc1. The number of aromatic nitrogens is 1. The number of rotatable bonds is 4. The van der Waals surface area contributed by atoms with Crippen molar-refractivity contribution < 1.29 is 9.59 Å². The molecule has 0 saturated heterocycles. The molecule has 0 radical (unpaired) electrons. The number of carbonyl (C=O) groups is 2. The van der Waals surface area contributed by atoms with Gasteiger partial charge < -0.3 is 0 Å². The highest BCUT2D eigenvalue weighted by atomic mass is 35.5. The van der Waals surface area contributed by atoms with E-state index in [0.717, 1.165) is 9.92 Å². The maximum atomic E-state index is 12.1. The molecule has 3 aromatic rings. The summed E-state index contributed by atoms with van der Waals surface area (Å²) in [5.74, 6) is -0.820. The number of halogens is 1. The number of hydrogen-bond donors (Lipinski definition) is 2. The van der Waals surface area contributed by atoms with Crippen LogP contribution < -0.4 is 10.9 Å². The van der Waals surface area contributed by atoms with Crippen LogP contribution in [0.15, 0.2) is 82.8 Å². The Balaban J connectivity index is 1.56. The minimum atomic E-state index is -0.419. The van der Waals surface area contributed by atoms with Crippen LogP contribution in [0.3, 0.4) is 0 Å². The molecule has 5 nitrogen and oxygen atoms in total. The number of hydrazine groups is 1. The van der Waals surface area contributed by atoms with Crippen LogP contribution in [-0.4, -0.2) is 16.8 Å². The number of nitrogens with zero attached hydrogens (tertiary/aromatic N) is 1. The van der Waals surface area contributed by atoms with Crippen LogP contribution in [0.1, 0.15) is 20.7 Å². The molecule has 2 amide bonds. The lowest BCUT2D eigenvalue weighted by molar-refractivity contribution is 0.0846. The Hall–Kier alpha value is -2.83. The zero-order valence-corrected chi connectivity index (χ0v) is 15.1. The summed E-state index contributed by atoms with van der Waals surface area (Å²) in [7, 11) is 0. The van der Waals surface area contributed by atoms with E-state index in [-0.39, 0.29) is 0 Å². The summed E-state index contributed by atoms with van der Waals surface area (Å²) in [6.07, 6.45) is 1.73. The maximum Gasteiger partial charge on any atom is 0.269 e. The summed E-state index contributed by atoms with van der Waals surface area (Å²) in [5.41, 5.74) is 5.60. The summed E-state index contributed by atoms with van der Waals surface area (Å²) >= 11 is 7.28. The number of carbonyl (C=O) groups excluding carboxylic acids is 2. The largest absolute Gasteiger partial charge is 0.269 e. The van der Waals surface area contributed by atoms with Gasteiger partial charge in [-0.05, 0) is 60.7 Å². The van der Waals surface area contributed by atoms with E-state index in [1.165, 1.54) is 11.8 Å². The molecule has 2 aromatic carbocycles. The Morgan fingerprint density at radius 2 is 1.38 bits per heavy atom. The zero-order valence-electron chi connectivity index (χ0n) is 13.5. The second kappa shape index (κ2) is 8.51. The molecule has 130 valence electrons. The quantitative estimate of drug-likeness (QED) is 0.669. The molecule has 26 heavy (non-hydrogen) atoms. The highest BCUT2D eigenvalue weighted by Crippen LogP contribution is 2.25. The van der Waals surface area contributed by atoms with Crippen molar-refractivity contribution in [2.45, 2.75) is 9.92 Å². The highest BCUT2D eigenvalue weighted by Gasteiger charge is 2.09. The third-order valence-corrected chi connectivity index (χ3v) is 4.58. The molecule has 0 aliphatic heterocycles. The Bertz CT molecular complexity index is 900. The smallest absolute Gasteiger partial charge is 0.267 e. The van der Waals surface area contributed by atoms with E-state index in [1.807, 2.05) is 30.3 Å². The van der Waals surface area contributed by atoms with Crippen LogP contribution in [0.4, 0.5) is 0 Å². The number of amides is 2. The van der Waals surface area contributed by atoms with Gasteiger partial charge in [-0.3, -0.25) is 20.4 Å². The molecular weight excluding hydrogens is 370 g/mol. The third-order valence-electron chi connectivity index (χ3n) is 3.37. The van der Waals surface area contributed by atoms with Gasteiger partial charge in [-0.2, -0.15) is 0 Å². The van der Waals surface area contributed by atoms with E-state index in [9.17, 15) is 9.59 Å². The first kappa shape index (κ1) is 18.0. The fourth-order valence-corrected chi connectivity index (χ4v) is 2.96. The fourth-order valence-electron chi connectivity index (χ4n) is 2.06.